The fourth-order valence-corrected chi connectivity index (χ4v) is 1.71. The van der Waals surface area contributed by atoms with E-state index in [0.717, 1.165) is 11.3 Å². The number of hydrogen-bond acceptors (Lipinski definition) is 3. The van der Waals surface area contributed by atoms with E-state index in [4.69, 9.17) is 5.11 Å². The molecule has 2 N–H and O–H groups in total. The summed E-state index contributed by atoms with van der Waals surface area (Å²) in [6.45, 7) is 2.02. The van der Waals surface area contributed by atoms with Crippen LogP contribution in [0.4, 0.5) is 5.82 Å². The lowest BCUT2D eigenvalue weighted by Gasteiger charge is -2.07. The van der Waals surface area contributed by atoms with Crippen molar-refractivity contribution >= 4 is 11.8 Å². The lowest BCUT2D eigenvalue weighted by Crippen LogP contribution is -2.05. The van der Waals surface area contributed by atoms with Crippen LogP contribution in [0, 0.1) is 6.92 Å². The number of aryl methyl sites for hydroxylation is 1. The number of pyridine rings is 1. The van der Waals surface area contributed by atoms with E-state index in [1.54, 1.807) is 19.2 Å². The van der Waals surface area contributed by atoms with E-state index < -0.39 is 5.97 Å². The molecular weight excluding hydrogens is 228 g/mol. The highest BCUT2D eigenvalue weighted by molar-refractivity contribution is 5.93. The number of rotatable bonds is 3. The monoisotopic (exact) mass is 242 g/mol. The van der Waals surface area contributed by atoms with Gasteiger partial charge in [0.25, 0.3) is 0 Å². The molecule has 18 heavy (non-hydrogen) atoms. The van der Waals surface area contributed by atoms with Crippen molar-refractivity contribution in [2.75, 3.05) is 12.4 Å². The number of hydrogen-bond donors (Lipinski definition) is 2. The highest BCUT2D eigenvalue weighted by Crippen LogP contribution is 2.22. The summed E-state index contributed by atoms with van der Waals surface area (Å²) in [5, 5.41) is 11.8. The Morgan fingerprint density at radius 2 is 1.83 bits per heavy atom. The minimum Gasteiger partial charge on any atom is -0.478 e. The van der Waals surface area contributed by atoms with E-state index in [-0.39, 0.29) is 5.56 Å². The van der Waals surface area contributed by atoms with Gasteiger partial charge in [0.15, 0.2) is 0 Å². The third-order valence-corrected chi connectivity index (χ3v) is 2.71. The second-order valence-electron chi connectivity index (χ2n) is 4.01. The zero-order valence-corrected chi connectivity index (χ0v) is 10.3. The summed E-state index contributed by atoms with van der Waals surface area (Å²) >= 11 is 0. The molecule has 4 nitrogen and oxygen atoms in total. The van der Waals surface area contributed by atoms with Crippen LogP contribution < -0.4 is 5.32 Å². The number of nitrogens with one attached hydrogen (secondary N) is 1. The van der Waals surface area contributed by atoms with Gasteiger partial charge in [-0.2, -0.15) is 0 Å². The van der Waals surface area contributed by atoms with Crippen LogP contribution in [-0.2, 0) is 0 Å². The number of aromatic carboxylic acids is 1. The van der Waals surface area contributed by atoms with Crippen LogP contribution in [0.15, 0.2) is 36.4 Å². The van der Waals surface area contributed by atoms with E-state index in [1.165, 1.54) is 5.56 Å². The second kappa shape index (κ2) is 4.87. The average molecular weight is 242 g/mol. The first kappa shape index (κ1) is 12.1. The van der Waals surface area contributed by atoms with Gasteiger partial charge < -0.3 is 10.4 Å². The molecule has 0 spiro atoms. The standard InChI is InChI=1S/C14H14N2O2/c1-9-3-5-10(6-4-9)12-8-7-11(14(17)18)13(15-2)16-12/h3-8H,1-2H3,(H,15,16)(H,17,18). The molecule has 0 saturated heterocycles. The summed E-state index contributed by atoms with van der Waals surface area (Å²) in [5.74, 6) is -0.608. The zero-order valence-electron chi connectivity index (χ0n) is 10.3. The Bertz CT molecular complexity index is 577. The minimum atomic E-state index is -0.984. The topological polar surface area (TPSA) is 62.2 Å². The van der Waals surface area contributed by atoms with Gasteiger partial charge in [0.05, 0.1) is 5.69 Å². The van der Waals surface area contributed by atoms with Crippen molar-refractivity contribution in [1.82, 2.24) is 4.98 Å². The predicted molar refractivity (Wildman–Crippen MR) is 70.9 cm³/mol. The molecular formula is C14H14N2O2. The quantitative estimate of drug-likeness (QED) is 0.868. The van der Waals surface area contributed by atoms with Crippen LogP contribution in [0.5, 0.6) is 0 Å². The number of carboxylic acid groups (broad SMARTS) is 1. The Balaban J connectivity index is 2.47. The van der Waals surface area contributed by atoms with Gasteiger partial charge in [-0.25, -0.2) is 9.78 Å². The lowest BCUT2D eigenvalue weighted by molar-refractivity contribution is 0.0697. The Morgan fingerprint density at radius 3 is 2.39 bits per heavy atom. The molecule has 0 aliphatic rings. The van der Waals surface area contributed by atoms with Crippen molar-refractivity contribution in [3.63, 3.8) is 0 Å². The normalized spacial score (nSPS) is 10.1. The lowest BCUT2D eigenvalue weighted by atomic mass is 10.1. The van der Waals surface area contributed by atoms with E-state index in [1.807, 2.05) is 31.2 Å². The fraction of sp³-hybridized carbons (Fsp3) is 0.143. The third-order valence-electron chi connectivity index (χ3n) is 2.71. The minimum absolute atomic E-state index is 0.174. The van der Waals surface area contributed by atoms with Crippen molar-refractivity contribution < 1.29 is 9.90 Å². The smallest absolute Gasteiger partial charge is 0.339 e. The largest absolute Gasteiger partial charge is 0.478 e. The second-order valence-corrected chi connectivity index (χ2v) is 4.01. The van der Waals surface area contributed by atoms with Crippen molar-refractivity contribution in [3.8, 4) is 11.3 Å². The molecule has 0 bridgehead atoms. The summed E-state index contributed by atoms with van der Waals surface area (Å²) in [6.07, 6.45) is 0. The maximum atomic E-state index is 11.0. The predicted octanol–water partition coefficient (Wildman–Crippen LogP) is 2.80. The van der Waals surface area contributed by atoms with Gasteiger partial charge in [-0.1, -0.05) is 29.8 Å². The van der Waals surface area contributed by atoms with E-state index in [9.17, 15) is 4.79 Å². The molecule has 0 saturated carbocycles. The Hall–Kier alpha value is -2.36. The van der Waals surface area contributed by atoms with E-state index in [0.29, 0.717) is 5.82 Å². The molecule has 1 aromatic heterocycles. The van der Waals surface area contributed by atoms with Gasteiger partial charge in [-0.15, -0.1) is 0 Å². The number of anilines is 1. The molecule has 0 radical (unpaired) electrons. The average Bonchev–Trinajstić information content (AvgIpc) is 2.38. The van der Waals surface area contributed by atoms with Crippen LogP contribution in [0.1, 0.15) is 15.9 Å². The van der Waals surface area contributed by atoms with Gasteiger partial charge in [-0.05, 0) is 19.1 Å². The number of carbonyl (C=O) groups is 1. The maximum Gasteiger partial charge on any atom is 0.339 e. The summed E-state index contributed by atoms with van der Waals surface area (Å²) in [7, 11) is 1.66. The van der Waals surface area contributed by atoms with Crippen LogP contribution in [0.3, 0.4) is 0 Å². The summed E-state index contributed by atoms with van der Waals surface area (Å²) in [6, 6.07) is 11.2. The van der Waals surface area contributed by atoms with Crippen LogP contribution in [-0.4, -0.2) is 23.1 Å². The van der Waals surface area contributed by atoms with Gasteiger partial charge in [0.1, 0.15) is 11.4 Å². The van der Waals surface area contributed by atoms with Gasteiger partial charge in [0.2, 0.25) is 0 Å². The molecule has 2 aromatic rings. The highest BCUT2D eigenvalue weighted by atomic mass is 16.4. The van der Waals surface area contributed by atoms with Crippen LogP contribution in [0.25, 0.3) is 11.3 Å². The number of nitrogens with zero attached hydrogens (tertiary/aromatic N) is 1. The fourth-order valence-electron chi connectivity index (χ4n) is 1.71. The Morgan fingerprint density at radius 1 is 1.17 bits per heavy atom. The van der Waals surface area contributed by atoms with E-state index >= 15 is 0 Å². The zero-order chi connectivity index (χ0) is 13.1. The van der Waals surface area contributed by atoms with Crippen molar-refractivity contribution in [2.24, 2.45) is 0 Å². The molecule has 1 heterocycles. The molecule has 0 amide bonds. The van der Waals surface area contributed by atoms with Gasteiger partial charge in [-0.3, -0.25) is 0 Å². The van der Waals surface area contributed by atoms with Crippen LogP contribution >= 0.6 is 0 Å². The first-order chi connectivity index (χ1) is 8.61. The first-order valence-electron chi connectivity index (χ1n) is 5.61. The van der Waals surface area contributed by atoms with Crippen molar-refractivity contribution in [2.45, 2.75) is 6.92 Å². The van der Waals surface area contributed by atoms with E-state index in [2.05, 4.69) is 10.3 Å². The Kier molecular flexibility index (Phi) is 3.28. The van der Waals surface area contributed by atoms with Crippen LogP contribution in [0.2, 0.25) is 0 Å². The van der Waals surface area contributed by atoms with Gasteiger partial charge in [0, 0.05) is 12.6 Å². The number of benzene rings is 1. The summed E-state index contributed by atoms with van der Waals surface area (Å²) in [4.78, 5) is 15.3. The third kappa shape index (κ3) is 2.32. The molecule has 2 rings (SSSR count). The molecule has 0 unspecified atom stereocenters. The molecule has 0 fully saturated rings. The number of carboxylic acids is 1. The van der Waals surface area contributed by atoms with Crippen molar-refractivity contribution in [3.05, 3.63) is 47.5 Å². The molecule has 0 aliphatic carbocycles. The molecule has 92 valence electrons. The SMILES string of the molecule is CNc1nc(-c2ccc(C)cc2)ccc1C(=O)O. The highest BCUT2D eigenvalue weighted by Gasteiger charge is 2.11. The first-order valence-corrected chi connectivity index (χ1v) is 5.61. The maximum absolute atomic E-state index is 11.0. The molecule has 4 heteroatoms. The number of aromatic nitrogens is 1. The molecule has 0 atom stereocenters. The van der Waals surface area contributed by atoms with Gasteiger partial charge >= 0.3 is 5.97 Å². The molecule has 0 aliphatic heterocycles. The Labute approximate surface area is 105 Å². The summed E-state index contributed by atoms with van der Waals surface area (Å²) in [5.41, 5.74) is 3.07. The summed E-state index contributed by atoms with van der Waals surface area (Å²) < 4.78 is 0. The van der Waals surface area contributed by atoms with Crippen molar-refractivity contribution in [1.29, 1.82) is 0 Å². The molecule has 1 aromatic carbocycles.